The van der Waals surface area contributed by atoms with Crippen molar-refractivity contribution >= 4 is 28.2 Å². The Balaban J connectivity index is 1.50. The van der Waals surface area contributed by atoms with Crippen LogP contribution in [-0.2, 0) is 0 Å². The van der Waals surface area contributed by atoms with E-state index in [2.05, 4.69) is 19.9 Å². The molecule has 1 saturated heterocycles. The number of nitrogens with zero attached hydrogens (tertiary/aromatic N) is 6. The van der Waals surface area contributed by atoms with Crippen molar-refractivity contribution in [1.29, 1.82) is 0 Å². The van der Waals surface area contributed by atoms with Gasteiger partial charge in [-0.15, -0.1) is 5.10 Å². The Morgan fingerprint density at radius 3 is 2.37 bits per heavy atom. The van der Waals surface area contributed by atoms with Gasteiger partial charge in [-0.25, -0.2) is 14.4 Å². The molecule has 27 heavy (non-hydrogen) atoms. The predicted octanol–water partition coefficient (Wildman–Crippen LogP) is 3.05. The molecular weight excluding hydrogens is 343 g/mol. The number of benzene rings is 2. The molecule has 1 aliphatic rings. The smallest absolute Gasteiger partial charge is 0.229 e. The van der Waals surface area contributed by atoms with Gasteiger partial charge in [-0.05, 0) is 31.2 Å². The first-order valence-corrected chi connectivity index (χ1v) is 9.07. The highest BCUT2D eigenvalue weighted by Gasteiger charge is 2.23. The van der Waals surface area contributed by atoms with E-state index in [4.69, 9.17) is 4.98 Å². The van der Waals surface area contributed by atoms with Gasteiger partial charge >= 0.3 is 0 Å². The fraction of sp³-hybridized carbons (Fsp3) is 0.250. The van der Waals surface area contributed by atoms with Crippen LogP contribution in [0.3, 0.4) is 0 Å². The summed E-state index contributed by atoms with van der Waals surface area (Å²) in [7, 11) is 0. The Bertz CT molecular complexity index is 1130. The Morgan fingerprint density at radius 2 is 1.56 bits per heavy atom. The van der Waals surface area contributed by atoms with Crippen LogP contribution in [0.2, 0.25) is 0 Å². The number of piperazine rings is 1. The normalized spacial score (nSPS) is 15.0. The van der Waals surface area contributed by atoms with Crippen molar-refractivity contribution in [2.45, 2.75) is 6.92 Å². The highest BCUT2D eigenvalue weighted by Crippen LogP contribution is 2.25. The van der Waals surface area contributed by atoms with Gasteiger partial charge in [0.05, 0.1) is 11.2 Å². The predicted molar refractivity (Wildman–Crippen MR) is 104 cm³/mol. The van der Waals surface area contributed by atoms with Crippen LogP contribution in [0.4, 0.5) is 16.0 Å². The summed E-state index contributed by atoms with van der Waals surface area (Å²) in [6, 6.07) is 14.9. The second-order valence-corrected chi connectivity index (χ2v) is 6.75. The molecule has 0 spiro atoms. The zero-order chi connectivity index (χ0) is 18.4. The van der Waals surface area contributed by atoms with Gasteiger partial charge < -0.3 is 9.80 Å². The number of hydrogen-bond donors (Lipinski definition) is 0. The topological polar surface area (TPSA) is 49.6 Å². The Hall–Kier alpha value is -3.22. The molecule has 0 aliphatic carbocycles. The minimum atomic E-state index is -0.177. The number of para-hydroxylation sites is 2. The molecule has 136 valence electrons. The number of hydrogen-bond acceptors (Lipinski definition) is 5. The van der Waals surface area contributed by atoms with E-state index in [1.165, 1.54) is 6.07 Å². The van der Waals surface area contributed by atoms with Crippen LogP contribution < -0.4 is 9.80 Å². The van der Waals surface area contributed by atoms with Crippen LogP contribution in [0.25, 0.3) is 16.6 Å². The lowest BCUT2D eigenvalue weighted by Crippen LogP contribution is -2.47. The van der Waals surface area contributed by atoms with E-state index >= 15 is 0 Å². The average molecular weight is 362 g/mol. The minimum Gasteiger partial charge on any atom is -0.366 e. The van der Waals surface area contributed by atoms with E-state index < -0.39 is 0 Å². The third kappa shape index (κ3) is 2.66. The number of halogens is 1. The lowest BCUT2D eigenvalue weighted by molar-refractivity contribution is 0.591. The molecule has 6 nitrogen and oxygen atoms in total. The number of rotatable bonds is 2. The number of aryl methyl sites for hydroxylation is 1. The third-order valence-corrected chi connectivity index (χ3v) is 5.02. The van der Waals surface area contributed by atoms with Gasteiger partial charge in [-0.1, -0.05) is 24.3 Å². The first-order valence-electron chi connectivity index (χ1n) is 9.07. The lowest BCUT2D eigenvalue weighted by Gasteiger charge is -2.36. The van der Waals surface area contributed by atoms with Crippen LogP contribution in [0.1, 0.15) is 5.82 Å². The zero-order valence-electron chi connectivity index (χ0n) is 15.0. The number of anilines is 2. The molecule has 0 amide bonds. The molecule has 0 unspecified atom stereocenters. The molecule has 1 aliphatic heterocycles. The molecule has 5 rings (SSSR count). The van der Waals surface area contributed by atoms with Gasteiger partial charge in [0.25, 0.3) is 0 Å². The zero-order valence-corrected chi connectivity index (χ0v) is 15.0. The molecule has 0 N–H and O–H groups in total. The molecule has 2 aromatic heterocycles. The van der Waals surface area contributed by atoms with Crippen molar-refractivity contribution in [3.8, 4) is 0 Å². The maximum absolute atomic E-state index is 14.1. The van der Waals surface area contributed by atoms with E-state index in [1.54, 1.807) is 6.07 Å². The van der Waals surface area contributed by atoms with Crippen molar-refractivity contribution in [2.75, 3.05) is 36.0 Å². The van der Waals surface area contributed by atoms with Gasteiger partial charge in [0.1, 0.15) is 11.6 Å². The lowest BCUT2D eigenvalue weighted by atomic mass is 10.2. The van der Waals surface area contributed by atoms with Crippen LogP contribution in [-0.4, -0.2) is 45.8 Å². The number of aromatic nitrogens is 4. The molecule has 2 aromatic carbocycles. The Morgan fingerprint density at radius 1 is 0.852 bits per heavy atom. The highest BCUT2D eigenvalue weighted by atomic mass is 19.1. The summed E-state index contributed by atoms with van der Waals surface area (Å²) < 4.78 is 15.9. The van der Waals surface area contributed by atoms with Gasteiger partial charge in [-0.2, -0.15) is 4.52 Å². The first kappa shape index (κ1) is 16.0. The van der Waals surface area contributed by atoms with Crippen molar-refractivity contribution in [3.63, 3.8) is 0 Å². The molecular formula is C20H19FN6. The van der Waals surface area contributed by atoms with Crippen LogP contribution in [0.5, 0.6) is 0 Å². The van der Waals surface area contributed by atoms with Crippen LogP contribution in [0.15, 0.2) is 48.5 Å². The van der Waals surface area contributed by atoms with E-state index in [1.807, 2.05) is 47.8 Å². The summed E-state index contributed by atoms with van der Waals surface area (Å²) in [5, 5.41) is 5.55. The van der Waals surface area contributed by atoms with Gasteiger partial charge in [0.15, 0.2) is 5.65 Å². The van der Waals surface area contributed by atoms with Gasteiger partial charge in [0.2, 0.25) is 5.95 Å². The van der Waals surface area contributed by atoms with Crippen molar-refractivity contribution in [3.05, 3.63) is 60.2 Å². The number of fused-ring (bicyclic) bond motifs is 3. The van der Waals surface area contributed by atoms with E-state index in [9.17, 15) is 4.39 Å². The Labute approximate surface area is 155 Å². The first-order chi connectivity index (χ1) is 13.2. The maximum atomic E-state index is 14.1. The van der Waals surface area contributed by atoms with E-state index in [0.29, 0.717) is 5.69 Å². The maximum Gasteiger partial charge on any atom is 0.229 e. The molecule has 0 radical (unpaired) electrons. The molecule has 3 heterocycles. The molecule has 0 atom stereocenters. The standard InChI is InChI=1S/C20H19FN6/c1-14-22-19-15-6-2-4-8-17(15)23-20(27(19)24-14)26-12-10-25(11-13-26)18-9-5-3-7-16(18)21/h2-9H,10-13H2,1H3. The minimum absolute atomic E-state index is 0.177. The summed E-state index contributed by atoms with van der Waals surface area (Å²) in [4.78, 5) is 13.7. The second-order valence-electron chi connectivity index (χ2n) is 6.75. The summed E-state index contributed by atoms with van der Waals surface area (Å²) >= 11 is 0. The van der Waals surface area contributed by atoms with Crippen LogP contribution >= 0.6 is 0 Å². The highest BCUT2D eigenvalue weighted by molar-refractivity contribution is 5.92. The van der Waals surface area contributed by atoms with E-state index in [0.717, 1.165) is 54.5 Å². The SMILES string of the molecule is Cc1nc2c3ccccc3nc(N3CCN(c4ccccc4F)CC3)n2n1. The van der Waals surface area contributed by atoms with Gasteiger partial charge in [-0.3, -0.25) is 0 Å². The Kier molecular flexibility index (Phi) is 3.67. The monoisotopic (exact) mass is 362 g/mol. The second kappa shape index (κ2) is 6.19. The molecule has 7 heteroatoms. The van der Waals surface area contributed by atoms with Gasteiger partial charge in [0, 0.05) is 31.6 Å². The van der Waals surface area contributed by atoms with E-state index in [-0.39, 0.29) is 5.82 Å². The summed E-state index contributed by atoms with van der Waals surface area (Å²) in [5.41, 5.74) is 2.39. The fourth-order valence-electron chi connectivity index (χ4n) is 3.70. The molecule has 0 saturated carbocycles. The summed E-state index contributed by atoms with van der Waals surface area (Å²) in [6.45, 7) is 4.83. The van der Waals surface area contributed by atoms with Crippen molar-refractivity contribution in [1.82, 2.24) is 19.6 Å². The fourth-order valence-corrected chi connectivity index (χ4v) is 3.70. The third-order valence-electron chi connectivity index (χ3n) is 5.02. The van der Waals surface area contributed by atoms with Crippen LogP contribution in [0, 0.1) is 12.7 Å². The molecule has 0 bridgehead atoms. The largest absolute Gasteiger partial charge is 0.366 e. The summed E-state index contributed by atoms with van der Waals surface area (Å²) in [6.07, 6.45) is 0. The van der Waals surface area contributed by atoms with Crippen molar-refractivity contribution < 1.29 is 4.39 Å². The molecule has 1 fully saturated rings. The summed E-state index contributed by atoms with van der Waals surface area (Å²) in [5.74, 6) is 1.33. The van der Waals surface area contributed by atoms with Crippen molar-refractivity contribution in [2.24, 2.45) is 0 Å². The molecule has 4 aromatic rings. The quantitative estimate of drug-likeness (QED) is 0.549. The average Bonchev–Trinajstić information content (AvgIpc) is 3.10.